The molecule has 0 bridgehead atoms. The zero-order valence-electron chi connectivity index (χ0n) is 13.3. The summed E-state index contributed by atoms with van der Waals surface area (Å²) in [6, 6.07) is 17.7. The van der Waals surface area contributed by atoms with Gasteiger partial charge in [-0.1, -0.05) is 30.3 Å². The SMILES string of the molecule is C[C@H]([NH2+][C@H](C)c1ccco1)C(=O)Nc1ccc2ccccc2c1. The molecule has 0 aliphatic carbocycles. The molecule has 0 aliphatic rings. The topological polar surface area (TPSA) is 58.9 Å². The summed E-state index contributed by atoms with van der Waals surface area (Å²) in [5, 5.41) is 7.26. The van der Waals surface area contributed by atoms with E-state index in [1.165, 1.54) is 0 Å². The van der Waals surface area contributed by atoms with Gasteiger partial charge in [0.1, 0.15) is 6.04 Å². The Labute approximate surface area is 135 Å². The molecule has 2 atom stereocenters. The number of furan rings is 1. The minimum absolute atomic E-state index is 0.0151. The van der Waals surface area contributed by atoms with Crippen LogP contribution in [0.5, 0.6) is 0 Å². The molecule has 23 heavy (non-hydrogen) atoms. The van der Waals surface area contributed by atoms with E-state index in [9.17, 15) is 4.79 Å². The van der Waals surface area contributed by atoms with E-state index in [4.69, 9.17) is 4.42 Å². The fourth-order valence-corrected chi connectivity index (χ4v) is 2.69. The standard InChI is InChI=1S/C19H20N2O2/c1-13(18-8-5-11-23-18)20-14(2)19(22)21-17-10-9-15-6-3-4-7-16(15)12-17/h3-14,20H,1-2H3,(H,21,22)/p+1/t13-,14+/m1/s1. The van der Waals surface area contributed by atoms with Crippen LogP contribution in [0.3, 0.4) is 0 Å². The molecule has 3 aromatic rings. The Bertz CT molecular complexity index is 796. The van der Waals surface area contributed by atoms with Crippen molar-refractivity contribution in [2.75, 3.05) is 5.32 Å². The van der Waals surface area contributed by atoms with E-state index in [1.807, 2.05) is 67.7 Å². The largest absolute Gasteiger partial charge is 0.463 e. The van der Waals surface area contributed by atoms with Crippen molar-refractivity contribution in [1.29, 1.82) is 0 Å². The summed E-state index contributed by atoms with van der Waals surface area (Å²) in [6.45, 7) is 3.93. The average Bonchev–Trinajstić information content (AvgIpc) is 3.09. The van der Waals surface area contributed by atoms with Crippen LogP contribution in [0.2, 0.25) is 0 Å². The van der Waals surface area contributed by atoms with E-state index in [-0.39, 0.29) is 18.0 Å². The maximum Gasteiger partial charge on any atom is 0.282 e. The Morgan fingerprint density at radius 2 is 1.83 bits per heavy atom. The van der Waals surface area contributed by atoms with E-state index in [1.54, 1.807) is 6.26 Å². The molecule has 1 aromatic heterocycles. The molecule has 118 valence electrons. The zero-order valence-corrected chi connectivity index (χ0v) is 13.3. The van der Waals surface area contributed by atoms with Gasteiger partial charge in [-0.05, 0) is 48.9 Å². The number of rotatable bonds is 5. The molecule has 0 spiro atoms. The quantitative estimate of drug-likeness (QED) is 0.761. The molecule has 1 amide bonds. The van der Waals surface area contributed by atoms with Crippen molar-refractivity contribution >= 4 is 22.4 Å². The van der Waals surface area contributed by atoms with Gasteiger partial charge < -0.3 is 15.1 Å². The van der Waals surface area contributed by atoms with Gasteiger partial charge in [0.25, 0.3) is 5.91 Å². The average molecular weight is 309 g/mol. The summed E-state index contributed by atoms with van der Waals surface area (Å²) in [5.74, 6) is 0.856. The first kappa shape index (κ1) is 15.3. The van der Waals surface area contributed by atoms with Crippen molar-refractivity contribution in [1.82, 2.24) is 0 Å². The maximum atomic E-state index is 12.4. The van der Waals surface area contributed by atoms with Crippen LogP contribution in [-0.4, -0.2) is 11.9 Å². The smallest absolute Gasteiger partial charge is 0.282 e. The van der Waals surface area contributed by atoms with Crippen LogP contribution >= 0.6 is 0 Å². The highest BCUT2D eigenvalue weighted by molar-refractivity contribution is 5.96. The molecule has 4 heteroatoms. The Kier molecular flexibility index (Phi) is 4.44. The van der Waals surface area contributed by atoms with Crippen LogP contribution in [0.15, 0.2) is 65.3 Å². The van der Waals surface area contributed by atoms with E-state index >= 15 is 0 Å². The lowest BCUT2D eigenvalue weighted by molar-refractivity contribution is -0.711. The molecular formula is C19H21N2O2+. The number of hydrogen-bond acceptors (Lipinski definition) is 2. The predicted molar refractivity (Wildman–Crippen MR) is 91.1 cm³/mol. The number of fused-ring (bicyclic) bond motifs is 1. The van der Waals surface area contributed by atoms with Crippen molar-refractivity contribution in [3.05, 3.63) is 66.6 Å². The summed E-state index contributed by atoms with van der Waals surface area (Å²) >= 11 is 0. The Hall–Kier alpha value is -2.59. The van der Waals surface area contributed by atoms with Crippen molar-refractivity contribution < 1.29 is 14.5 Å². The highest BCUT2D eigenvalue weighted by atomic mass is 16.3. The lowest BCUT2D eigenvalue weighted by atomic mass is 10.1. The van der Waals surface area contributed by atoms with Gasteiger partial charge >= 0.3 is 0 Å². The van der Waals surface area contributed by atoms with Crippen LogP contribution < -0.4 is 10.6 Å². The summed E-state index contributed by atoms with van der Waals surface area (Å²) in [7, 11) is 0. The molecule has 3 rings (SSSR count). The highest BCUT2D eigenvalue weighted by Crippen LogP contribution is 2.18. The van der Waals surface area contributed by atoms with Crippen LogP contribution in [0, 0.1) is 0 Å². The first-order valence-corrected chi connectivity index (χ1v) is 7.81. The number of nitrogens with two attached hydrogens (primary N) is 1. The van der Waals surface area contributed by atoms with Crippen molar-refractivity contribution in [2.24, 2.45) is 0 Å². The fraction of sp³-hybridized carbons (Fsp3) is 0.211. The molecule has 0 unspecified atom stereocenters. The summed E-state index contributed by atoms with van der Waals surface area (Å²) < 4.78 is 5.38. The molecule has 0 saturated carbocycles. The highest BCUT2D eigenvalue weighted by Gasteiger charge is 2.21. The van der Waals surface area contributed by atoms with Gasteiger partial charge in [-0.25, -0.2) is 0 Å². The van der Waals surface area contributed by atoms with Gasteiger partial charge in [-0.15, -0.1) is 0 Å². The summed E-state index contributed by atoms with van der Waals surface area (Å²) in [4.78, 5) is 12.4. The van der Waals surface area contributed by atoms with Crippen molar-refractivity contribution in [3.63, 3.8) is 0 Å². The van der Waals surface area contributed by atoms with Crippen LogP contribution in [0.1, 0.15) is 25.6 Å². The zero-order chi connectivity index (χ0) is 16.2. The first-order valence-electron chi connectivity index (χ1n) is 7.81. The summed E-state index contributed by atoms with van der Waals surface area (Å²) in [5.41, 5.74) is 0.819. The number of carbonyl (C=O) groups is 1. The Balaban J connectivity index is 1.65. The van der Waals surface area contributed by atoms with Gasteiger partial charge in [-0.3, -0.25) is 4.79 Å². The number of quaternary nitrogens is 1. The third-order valence-corrected chi connectivity index (χ3v) is 4.00. The second-order valence-electron chi connectivity index (χ2n) is 5.84. The second kappa shape index (κ2) is 6.67. The van der Waals surface area contributed by atoms with E-state index in [0.29, 0.717) is 0 Å². The number of carbonyl (C=O) groups excluding carboxylic acids is 1. The molecule has 2 aromatic carbocycles. The molecule has 3 N–H and O–H groups in total. The van der Waals surface area contributed by atoms with Crippen molar-refractivity contribution in [2.45, 2.75) is 25.9 Å². The predicted octanol–water partition coefficient (Wildman–Crippen LogP) is 3.08. The minimum atomic E-state index is -0.207. The number of benzene rings is 2. The van der Waals surface area contributed by atoms with Gasteiger partial charge in [0.15, 0.2) is 11.8 Å². The van der Waals surface area contributed by atoms with Crippen LogP contribution in [0.25, 0.3) is 10.8 Å². The van der Waals surface area contributed by atoms with E-state index < -0.39 is 0 Å². The normalized spacial score (nSPS) is 13.7. The number of hydrogen-bond donors (Lipinski definition) is 2. The van der Waals surface area contributed by atoms with Gasteiger partial charge in [-0.2, -0.15) is 0 Å². The van der Waals surface area contributed by atoms with Crippen molar-refractivity contribution in [3.8, 4) is 0 Å². The fourth-order valence-electron chi connectivity index (χ4n) is 2.69. The molecule has 4 nitrogen and oxygen atoms in total. The summed E-state index contributed by atoms with van der Waals surface area (Å²) in [6.07, 6.45) is 1.65. The number of anilines is 1. The lowest BCUT2D eigenvalue weighted by Gasteiger charge is -2.15. The Morgan fingerprint density at radius 3 is 2.57 bits per heavy atom. The molecule has 0 saturated heterocycles. The molecule has 0 aliphatic heterocycles. The molecular weight excluding hydrogens is 288 g/mol. The van der Waals surface area contributed by atoms with Crippen LogP contribution in [0.4, 0.5) is 5.69 Å². The minimum Gasteiger partial charge on any atom is -0.463 e. The molecule has 0 fully saturated rings. The Morgan fingerprint density at radius 1 is 1.04 bits per heavy atom. The molecule has 1 heterocycles. The van der Waals surface area contributed by atoms with E-state index in [2.05, 4.69) is 11.4 Å². The van der Waals surface area contributed by atoms with Gasteiger partial charge in [0.05, 0.1) is 6.26 Å². The van der Waals surface area contributed by atoms with Crippen LogP contribution in [-0.2, 0) is 4.79 Å². The van der Waals surface area contributed by atoms with Gasteiger partial charge in [0, 0.05) is 5.69 Å². The third-order valence-electron chi connectivity index (χ3n) is 4.00. The molecule has 0 radical (unpaired) electrons. The lowest BCUT2D eigenvalue weighted by Crippen LogP contribution is -2.91. The third kappa shape index (κ3) is 3.60. The monoisotopic (exact) mass is 309 g/mol. The first-order chi connectivity index (χ1) is 11.1. The number of nitrogens with one attached hydrogen (secondary N) is 1. The maximum absolute atomic E-state index is 12.4. The second-order valence-corrected chi connectivity index (χ2v) is 5.84. The number of amides is 1. The van der Waals surface area contributed by atoms with Gasteiger partial charge in [0.2, 0.25) is 0 Å². The van der Waals surface area contributed by atoms with E-state index in [0.717, 1.165) is 22.2 Å².